The van der Waals surface area contributed by atoms with Crippen LogP contribution in [0.25, 0.3) is 0 Å². The molecule has 1 aromatic heterocycles. The lowest BCUT2D eigenvalue weighted by atomic mass is 10.2. The molecule has 0 spiro atoms. The number of hydrogen-bond donors (Lipinski definition) is 2. The summed E-state index contributed by atoms with van der Waals surface area (Å²) in [6, 6.07) is 6.90. The lowest BCUT2D eigenvalue weighted by Crippen LogP contribution is -2.26. The van der Waals surface area contributed by atoms with E-state index in [-0.39, 0.29) is 11.6 Å². The number of ether oxygens (including phenoxy) is 3. The average Bonchev–Trinajstić information content (AvgIpc) is 2.65. The molecule has 0 saturated carbocycles. The molecule has 1 heterocycles. The van der Waals surface area contributed by atoms with Crippen molar-refractivity contribution in [1.82, 2.24) is 15.3 Å². The summed E-state index contributed by atoms with van der Waals surface area (Å²) in [7, 11) is 4.76. The molecule has 0 aliphatic carbocycles. The Kier molecular flexibility index (Phi) is 6.97. The molecule has 2 aromatic rings. The molecule has 0 radical (unpaired) electrons. The van der Waals surface area contributed by atoms with Crippen LogP contribution < -0.4 is 20.1 Å². The topological polar surface area (TPSA) is 94.6 Å². The Morgan fingerprint density at radius 2 is 1.92 bits per heavy atom. The van der Waals surface area contributed by atoms with E-state index in [2.05, 4.69) is 20.6 Å². The van der Waals surface area contributed by atoms with Crippen LogP contribution in [-0.4, -0.2) is 50.4 Å². The number of benzene rings is 1. The number of aromatic nitrogens is 2. The van der Waals surface area contributed by atoms with Crippen molar-refractivity contribution < 1.29 is 19.0 Å². The van der Waals surface area contributed by atoms with Gasteiger partial charge in [-0.1, -0.05) is 0 Å². The van der Waals surface area contributed by atoms with Gasteiger partial charge in [0, 0.05) is 38.2 Å². The first-order valence-corrected chi connectivity index (χ1v) is 7.77. The third kappa shape index (κ3) is 5.32. The number of anilines is 2. The van der Waals surface area contributed by atoms with Gasteiger partial charge in [-0.25, -0.2) is 9.97 Å². The average molecular weight is 346 g/mol. The molecule has 0 aliphatic heterocycles. The monoisotopic (exact) mass is 346 g/mol. The van der Waals surface area contributed by atoms with Crippen molar-refractivity contribution in [3.63, 3.8) is 0 Å². The van der Waals surface area contributed by atoms with Crippen molar-refractivity contribution in [2.75, 3.05) is 39.8 Å². The Labute approximate surface area is 146 Å². The first kappa shape index (κ1) is 18.5. The van der Waals surface area contributed by atoms with Gasteiger partial charge >= 0.3 is 0 Å². The van der Waals surface area contributed by atoms with Crippen LogP contribution in [0.15, 0.2) is 30.5 Å². The van der Waals surface area contributed by atoms with Crippen LogP contribution in [0.2, 0.25) is 0 Å². The lowest BCUT2D eigenvalue weighted by Gasteiger charge is -2.11. The van der Waals surface area contributed by atoms with Gasteiger partial charge in [0.05, 0.1) is 14.2 Å². The maximum atomic E-state index is 12.1. The number of amides is 1. The molecule has 134 valence electrons. The second-order valence-corrected chi connectivity index (χ2v) is 5.06. The first-order chi connectivity index (χ1) is 12.2. The minimum atomic E-state index is -0.256. The molecule has 2 rings (SSSR count). The van der Waals surface area contributed by atoms with E-state index in [9.17, 15) is 4.79 Å². The number of carbonyl (C=O) groups excluding carboxylic acids is 1. The number of carbonyl (C=O) groups is 1. The van der Waals surface area contributed by atoms with Crippen molar-refractivity contribution in [3.05, 3.63) is 36.2 Å². The predicted octanol–water partition coefficient (Wildman–Crippen LogP) is 2.00. The zero-order valence-corrected chi connectivity index (χ0v) is 14.5. The highest BCUT2D eigenvalue weighted by atomic mass is 16.5. The molecule has 25 heavy (non-hydrogen) atoms. The van der Waals surface area contributed by atoms with Crippen molar-refractivity contribution >= 4 is 17.5 Å². The predicted molar refractivity (Wildman–Crippen MR) is 93.7 cm³/mol. The van der Waals surface area contributed by atoms with Crippen LogP contribution in [0.4, 0.5) is 11.6 Å². The van der Waals surface area contributed by atoms with E-state index in [0.29, 0.717) is 30.6 Å². The van der Waals surface area contributed by atoms with E-state index >= 15 is 0 Å². The van der Waals surface area contributed by atoms with Crippen LogP contribution >= 0.6 is 0 Å². The van der Waals surface area contributed by atoms with E-state index in [1.165, 1.54) is 6.20 Å². The maximum Gasteiger partial charge on any atom is 0.270 e. The third-order valence-corrected chi connectivity index (χ3v) is 3.34. The molecular formula is C17H22N4O4. The second kappa shape index (κ2) is 9.43. The highest BCUT2D eigenvalue weighted by molar-refractivity contribution is 5.92. The molecule has 8 heteroatoms. The Balaban J connectivity index is 2.05. The number of nitrogens with zero attached hydrogens (tertiary/aromatic N) is 2. The zero-order valence-electron chi connectivity index (χ0n) is 14.5. The van der Waals surface area contributed by atoms with E-state index < -0.39 is 0 Å². The van der Waals surface area contributed by atoms with Gasteiger partial charge in [0.15, 0.2) is 11.5 Å². The van der Waals surface area contributed by atoms with Gasteiger partial charge in [-0.2, -0.15) is 0 Å². The fourth-order valence-corrected chi connectivity index (χ4v) is 2.10. The fourth-order valence-electron chi connectivity index (χ4n) is 2.10. The standard InChI is InChI=1S/C17H22N4O4/c1-23-10-4-8-18-16(22)13-7-9-19-17(21-13)20-12-5-6-14(24-2)15(11-12)25-3/h5-7,9,11H,4,8,10H2,1-3H3,(H,18,22)(H,19,20,21). The van der Waals surface area contributed by atoms with Gasteiger partial charge in [0.2, 0.25) is 5.95 Å². The molecule has 0 atom stereocenters. The summed E-state index contributed by atoms with van der Waals surface area (Å²) in [6.07, 6.45) is 2.27. The molecule has 1 aromatic carbocycles. The van der Waals surface area contributed by atoms with Gasteiger partial charge in [0.1, 0.15) is 5.69 Å². The van der Waals surface area contributed by atoms with E-state index in [1.54, 1.807) is 39.5 Å². The number of nitrogens with one attached hydrogen (secondary N) is 2. The molecule has 2 N–H and O–H groups in total. The fraction of sp³-hybridized carbons (Fsp3) is 0.353. The molecular weight excluding hydrogens is 324 g/mol. The summed E-state index contributed by atoms with van der Waals surface area (Å²) >= 11 is 0. The Bertz CT molecular complexity index is 709. The highest BCUT2D eigenvalue weighted by Gasteiger charge is 2.10. The summed E-state index contributed by atoms with van der Waals surface area (Å²) in [5.74, 6) is 1.27. The largest absolute Gasteiger partial charge is 0.493 e. The van der Waals surface area contributed by atoms with Crippen LogP contribution in [0.1, 0.15) is 16.9 Å². The van der Waals surface area contributed by atoms with Crippen LogP contribution in [0.5, 0.6) is 11.5 Å². The lowest BCUT2D eigenvalue weighted by molar-refractivity contribution is 0.0943. The summed E-state index contributed by atoms with van der Waals surface area (Å²) in [6.45, 7) is 1.12. The van der Waals surface area contributed by atoms with Crippen LogP contribution in [0, 0.1) is 0 Å². The molecule has 0 bridgehead atoms. The zero-order chi connectivity index (χ0) is 18.1. The third-order valence-electron chi connectivity index (χ3n) is 3.34. The highest BCUT2D eigenvalue weighted by Crippen LogP contribution is 2.30. The van der Waals surface area contributed by atoms with Gasteiger partial charge in [-0.15, -0.1) is 0 Å². The van der Waals surface area contributed by atoms with Gasteiger partial charge in [0.25, 0.3) is 5.91 Å². The minimum Gasteiger partial charge on any atom is -0.493 e. The van der Waals surface area contributed by atoms with E-state index in [1.807, 2.05) is 6.07 Å². The number of rotatable bonds is 9. The number of hydrogen-bond acceptors (Lipinski definition) is 7. The summed E-state index contributed by atoms with van der Waals surface area (Å²) in [5, 5.41) is 5.83. The Morgan fingerprint density at radius 1 is 1.12 bits per heavy atom. The summed E-state index contributed by atoms with van der Waals surface area (Å²) in [5.41, 5.74) is 1.01. The molecule has 0 aliphatic rings. The van der Waals surface area contributed by atoms with Crippen LogP contribution in [-0.2, 0) is 4.74 Å². The Morgan fingerprint density at radius 3 is 2.64 bits per heavy atom. The van der Waals surface area contributed by atoms with Gasteiger partial charge < -0.3 is 24.8 Å². The van der Waals surface area contributed by atoms with E-state index in [0.717, 1.165) is 12.1 Å². The van der Waals surface area contributed by atoms with Crippen molar-refractivity contribution in [3.8, 4) is 11.5 Å². The first-order valence-electron chi connectivity index (χ1n) is 7.77. The maximum absolute atomic E-state index is 12.1. The molecule has 0 unspecified atom stereocenters. The quantitative estimate of drug-likeness (QED) is 0.671. The molecule has 8 nitrogen and oxygen atoms in total. The van der Waals surface area contributed by atoms with E-state index in [4.69, 9.17) is 14.2 Å². The molecule has 0 fully saturated rings. The normalized spacial score (nSPS) is 10.2. The Hall–Kier alpha value is -2.87. The summed E-state index contributed by atoms with van der Waals surface area (Å²) in [4.78, 5) is 20.4. The molecule has 0 saturated heterocycles. The van der Waals surface area contributed by atoms with Crippen molar-refractivity contribution in [1.29, 1.82) is 0 Å². The minimum absolute atomic E-state index is 0.256. The smallest absolute Gasteiger partial charge is 0.270 e. The second-order valence-electron chi connectivity index (χ2n) is 5.06. The van der Waals surface area contributed by atoms with Crippen LogP contribution in [0.3, 0.4) is 0 Å². The SMILES string of the molecule is COCCCNC(=O)c1ccnc(Nc2ccc(OC)c(OC)c2)n1. The van der Waals surface area contributed by atoms with Crippen molar-refractivity contribution in [2.45, 2.75) is 6.42 Å². The van der Waals surface area contributed by atoms with Gasteiger partial charge in [-0.3, -0.25) is 4.79 Å². The summed E-state index contributed by atoms with van der Waals surface area (Å²) < 4.78 is 15.4. The van der Waals surface area contributed by atoms with Gasteiger partial charge in [-0.05, 0) is 24.6 Å². The number of methoxy groups -OCH3 is 3. The molecule has 1 amide bonds. The van der Waals surface area contributed by atoms with Crippen molar-refractivity contribution in [2.24, 2.45) is 0 Å².